The Bertz CT molecular complexity index is 544. The Morgan fingerprint density at radius 3 is 2.56 bits per heavy atom. The Morgan fingerprint density at radius 1 is 1.31 bits per heavy atom. The highest BCUT2D eigenvalue weighted by Crippen LogP contribution is 2.23. The molecule has 0 fully saturated rings. The number of aldehydes is 1. The van der Waals surface area contributed by atoms with E-state index in [1.54, 1.807) is 36.7 Å². The third-order valence-electron chi connectivity index (χ3n) is 2.58. The molecule has 1 aromatic heterocycles. The minimum absolute atomic E-state index is 0.144. The van der Waals surface area contributed by atoms with Crippen molar-refractivity contribution in [3.8, 4) is 11.4 Å². The molecule has 0 radical (unpaired) electrons. The molecule has 0 aliphatic carbocycles. The van der Waals surface area contributed by atoms with E-state index < -0.39 is 0 Å². The van der Waals surface area contributed by atoms with Crippen LogP contribution in [0.5, 0.6) is 5.75 Å². The highest BCUT2D eigenvalue weighted by atomic mass is 16.3. The summed E-state index contributed by atoms with van der Waals surface area (Å²) in [4.78, 5) is 10.9. The summed E-state index contributed by atoms with van der Waals surface area (Å²) in [5, 5.41) is 13.9. The first-order valence-corrected chi connectivity index (χ1v) is 4.95. The van der Waals surface area contributed by atoms with Gasteiger partial charge in [0.15, 0.2) is 6.29 Å². The fourth-order valence-electron chi connectivity index (χ4n) is 1.70. The summed E-state index contributed by atoms with van der Waals surface area (Å²) in [6.45, 7) is 3.57. The van der Waals surface area contributed by atoms with E-state index in [4.69, 9.17) is 0 Å². The number of phenols is 1. The Morgan fingerprint density at radius 2 is 2.00 bits per heavy atom. The quantitative estimate of drug-likeness (QED) is 0.781. The van der Waals surface area contributed by atoms with E-state index in [0.717, 1.165) is 12.0 Å². The number of carbonyl (C=O) groups is 1. The zero-order valence-electron chi connectivity index (χ0n) is 9.14. The molecule has 0 aliphatic heterocycles. The molecule has 2 aromatic rings. The number of aryl methyl sites for hydroxylation is 1. The zero-order valence-corrected chi connectivity index (χ0v) is 9.14. The first-order valence-electron chi connectivity index (χ1n) is 4.95. The van der Waals surface area contributed by atoms with Crippen molar-refractivity contribution in [2.24, 2.45) is 0 Å². The molecule has 0 atom stereocenters. The highest BCUT2D eigenvalue weighted by molar-refractivity contribution is 5.78. The van der Waals surface area contributed by atoms with E-state index in [1.807, 2.05) is 6.07 Å². The number of aromatic nitrogens is 2. The van der Waals surface area contributed by atoms with Gasteiger partial charge in [-0.3, -0.25) is 4.79 Å². The molecule has 1 N–H and O–H groups in total. The van der Waals surface area contributed by atoms with E-state index in [1.165, 1.54) is 0 Å². The van der Waals surface area contributed by atoms with E-state index in [0.29, 0.717) is 16.9 Å². The van der Waals surface area contributed by atoms with Gasteiger partial charge >= 0.3 is 0 Å². The van der Waals surface area contributed by atoms with Crippen molar-refractivity contribution in [2.75, 3.05) is 0 Å². The van der Waals surface area contributed by atoms with Gasteiger partial charge in [-0.05, 0) is 26.0 Å². The SMILES string of the molecule is Cc1nn(-c2ccccc2O)c(C)c1C=O. The lowest BCUT2D eigenvalue weighted by Gasteiger charge is -2.06. The lowest BCUT2D eigenvalue weighted by Crippen LogP contribution is -1.99. The van der Waals surface area contributed by atoms with Crippen LogP contribution in [0.3, 0.4) is 0 Å². The molecule has 4 nitrogen and oxygen atoms in total. The molecule has 0 unspecified atom stereocenters. The van der Waals surface area contributed by atoms with Gasteiger partial charge in [-0.25, -0.2) is 4.68 Å². The molecular formula is C12H12N2O2. The number of hydrogen-bond acceptors (Lipinski definition) is 3. The minimum Gasteiger partial charge on any atom is -0.506 e. The van der Waals surface area contributed by atoms with Gasteiger partial charge in [-0.1, -0.05) is 12.1 Å². The molecule has 0 aliphatic rings. The van der Waals surface area contributed by atoms with Crippen LogP contribution in [0.2, 0.25) is 0 Å². The summed E-state index contributed by atoms with van der Waals surface area (Å²) >= 11 is 0. The topological polar surface area (TPSA) is 55.1 Å². The van der Waals surface area contributed by atoms with Crippen LogP contribution in [0, 0.1) is 13.8 Å². The number of para-hydroxylation sites is 2. The number of nitrogens with zero attached hydrogens (tertiary/aromatic N) is 2. The van der Waals surface area contributed by atoms with Crippen LogP contribution in [0.1, 0.15) is 21.7 Å². The zero-order chi connectivity index (χ0) is 11.7. The number of phenolic OH excluding ortho intramolecular Hbond substituents is 1. The second-order valence-electron chi connectivity index (χ2n) is 3.60. The van der Waals surface area contributed by atoms with Crippen molar-refractivity contribution in [3.63, 3.8) is 0 Å². The van der Waals surface area contributed by atoms with Gasteiger partial charge in [0, 0.05) is 0 Å². The Hall–Kier alpha value is -2.10. The van der Waals surface area contributed by atoms with Gasteiger partial charge in [0.05, 0.1) is 17.0 Å². The van der Waals surface area contributed by atoms with Crippen molar-refractivity contribution in [1.82, 2.24) is 9.78 Å². The molecule has 0 bridgehead atoms. The second kappa shape index (κ2) is 3.81. The van der Waals surface area contributed by atoms with Crippen molar-refractivity contribution in [1.29, 1.82) is 0 Å². The van der Waals surface area contributed by atoms with Crippen molar-refractivity contribution >= 4 is 6.29 Å². The van der Waals surface area contributed by atoms with Gasteiger partial charge in [-0.15, -0.1) is 0 Å². The molecule has 2 rings (SSSR count). The van der Waals surface area contributed by atoms with Gasteiger partial charge in [-0.2, -0.15) is 5.10 Å². The van der Waals surface area contributed by atoms with Crippen LogP contribution in [-0.2, 0) is 0 Å². The van der Waals surface area contributed by atoms with Gasteiger partial charge in [0.1, 0.15) is 11.4 Å². The van der Waals surface area contributed by atoms with Crippen LogP contribution >= 0.6 is 0 Å². The number of aromatic hydroxyl groups is 1. The summed E-state index contributed by atoms with van der Waals surface area (Å²) in [6.07, 6.45) is 0.786. The molecule has 1 aromatic carbocycles. The molecule has 16 heavy (non-hydrogen) atoms. The maximum absolute atomic E-state index is 10.9. The minimum atomic E-state index is 0.144. The van der Waals surface area contributed by atoms with Gasteiger partial charge in [0.25, 0.3) is 0 Å². The largest absolute Gasteiger partial charge is 0.506 e. The summed E-state index contributed by atoms with van der Waals surface area (Å²) in [5.41, 5.74) is 2.55. The number of rotatable bonds is 2. The standard InChI is InChI=1S/C12H12N2O2/c1-8-10(7-15)9(2)14(13-8)11-5-3-4-6-12(11)16/h3-7,16H,1-2H3. The lowest BCUT2D eigenvalue weighted by molar-refractivity contribution is 0.112. The predicted molar refractivity (Wildman–Crippen MR) is 60.1 cm³/mol. The molecule has 82 valence electrons. The fourth-order valence-corrected chi connectivity index (χ4v) is 1.70. The van der Waals surface area contributed by atoms with Crippen molar-refractivity contribution in [3.05, 3.63) is 41.2 Å². The molecule has 4 heteroatoms. The van der Waals surface area contributed by atoms with E-state index in [9.17, 15) is 9.90 Å². The van der Waals surface area contributed by atoms with Crippen LogP contribution in [0.15, 0.2) is 24.3 Å². The number of hydrogen-bond donors (Lipinski definition) is 1. The maximum Gasteiger partial charge on any atom is 0.153 e. The van der Waals surface area contributed by atoms with Crippen molar-refractivity contribution < 1.29 is 9.90 Å². The summed E-state index contributed by atoms with van der Waals surface area (Å²) < 4.78 is 1.58. The summed E-state index contributed by atoms with van der Waals surface area (Å²) in [5.74, 6) is 0.144. The monoisotopic (exact) mass is 216 g/mol. The Labute approximate surface area is 93.1 Å². The Kier molecular flexibility index (Phi) is 2.48. The van der Waals surface area contributed by atoms with Gasteiger partial charge < -0.3 is 5.11 Å². The molecule has 0 amide bonds. The molecule has 0 saturated heterocycles. The third kappa shape index (κ3) is 1.48. The van der Waals surface area contributed by atoms with Crippen LogP contribution < -0.4 is 0 Å². The number of benzene rings is 1. The van der Waals surface area contributed by atoms with Gasteiger partial charge in [0.2, 0.25) is 0 Å². The maximum atomic E-state index is 10.9. The van der Waals surface area contributed by atoms with Crippen LogP contribution in [0.4, 0.5) is 0 Å². The normalized spacial score (nSPS) is 10.4. The smallest absolute Gasteiger partial charge is 0.153 e. The van der Waals surface area contributed by atoms with Crippen molar-refractivity contribution in [2.45, 2.75) is 13.8 Å². The number of carbonyl (C=O) groups excluding carboxylic acids is 1. The third-order valence-corrected chi connectivity index (χ3v) is 2.58. The first-order chi connectivity index (χ1) is 7.65. The van der Waals surface area contributed by atoms with E-state index in [-0.39, 0.29) is 5.75 Å². The second-order valence-corrected chi connectivity index (χ2v) is 3.60. The molecule has 1 heterocycles. The average Bonchev–Trinajstić information content (AvgIpc) is 2.55. The van der Waals surface area contributed by atoms with Crippen LogP contribution in [0.25, 0.3) is 5.69 Å². The van der Waals surface area contributed by atoms with Crippen LogP contribution in [-0.4, -0.2) is 21.2 Å². The van der Waals surface area contributed by atoms with E-state index >= 15 is 0 Å². The molecular weight excluding hydrogens is 204 g/mol. The average molecular weight is 216 g/mol. The summed E-state index contributed by atoms with van der Waals surface area (Å²) in [6, 6.07) is 6.90. The molecule has 0 spiro atoms. The predicted octanol–water partition coefficient (Wildman–Crippen LogP) is 2.01. The lowest BCUT2D eigenvalue weighted by atomic mass is 10.2. The van der Waals surface area contributed by atoms with E-state index in [2.05, 4.69) is 5.10 Å². The highest BCUT2D eigenvalue weighted by Gasteiger charge is 2.13. The summed E-state index contributed by atoms with van der Waals surface area (Å²) in [7, 11) is 0. The molecule has 0 saturated carbocycles. The Balaban J connectivity index is 2.66. The first kappa shape index (κ1) is 10.4. The fraction of sp³-hybridized carbons (Fsp3) is 0.167.